The number of thiophene rings is 1. The van der Waals surface area contributed by atoms with E-state index >= 15 is 0 Å². The number of nitrogens with one attached hydrogen (secondary N) is 2. The maximum Gasteiger partial charge on any atom is 0.314 e. The van der Waals surface area contributed by atoms with E-state index < -0.39 is 0 Å². The second-order valence-corrected chi connectivity index (χ2v) is 4.23. The SMILES string of the molecule is CNC(=O)NCc1cc(C)c(C)s1. The second-order valence-electron chi connectivity index (χ2n) is 2.88. The van der Waals surface area contributed by atoms with Gasteiger partial charge in [-0.1, -0.05) is 0 Å². The number of carbonyl (C=O) groups excluding carboxylic acids is 1. The molecule has 0 radical (unpaired) electrons. The lowest BCUT2D eigenvalue weighted by Crippen LogP contribution is -2.31. The van der Waals surface area contributed by atoms with Crippen LogP contribution < -0.4 is 10.6 Å². The van der Waals surface area contributed by atoms with Crippen molar-refractivity contribution in [1.29, 1.82) is 0 Å². The van der Waals surface area contributed by atoms with Crippen LogP contribution in [0.25, 0.3) is 0 Å². The molecule has 0 aliphatic heterocycles. The van der Waals surface area contributed by atoms with Crippen LogP contribution in [0.3, 0.4) is 0 Å². The Kier molecular flexibility index (Phi) is 3.31. The lowest BCUT2D eigenvalue weighted by atomic mass is 10.3. The zero-order valence-corrected chi connectivity index (χ0v) is 8.92. The molecular weight excluding hydrogens is 184 g/mol. The molecule has 0 saturated carbocycles. The van der Waals surface area contributed by atoms with Crippen LogP contribution in [-0.4, -0.2) is 13.1 Å². The largest absolute Gasteiger partial charge is 0.341 e. The molecule has 1 aromatic heterocycles. The summed E-state index contributed by atoms with van der Waals surface area (Å²) in [7, 11) is 1.61. The van der Waals surface area contributed by atoms with E-state index in [2.05, 4.69) is 30.5 Å². The molecule has 1 aromatic rings. The molecule has 1 rings (SSSR count). The summed E-state index contributed by atoms with van der Waals surface area (Å²) in [6.45, 7) is 4.78. The van der Waals surface area contributed by atoms with E-state index in [0.29, 0.717) is 6.54 Å². The average Bonchev–Trinajstić information content (AvgIpc) is 2.42. The van der Waals surface area contributed by atoms with Gasteiger partial charge >= 0.3 is 6.03 Å². The first-order valence-electron chi connectivity index (χ1n) is 4.15. The van der Waals surface area contributed by atoms with Gasteiger partial charge < -0.3 is 10.6 Å². The van der Waals surface area contributed by atoms with Gasteiger partial charge in [-0.05, 0) is 25.5 Å². The van der Waals surface area contributed by atoms with E-state index in [0.717, 1.165) is 0 Å². The van der Waals surface area contributed by atoms with E-state index in [1.807, 2.05) is 0 Å². The fourth-order valence-corrected chi connectivity index (χ4v) is 1.99. The normalized spacial score (nSPS) is 9.77. The highest BCUT2D eigenvalue weighted by Gasteiger charge is 2.02. The molecule has 3 nitrogen and oxygen atoms in total. The first-order valence-corrected chi connectivity index (χ1v) is 4.96. The number of carbonyl (C=O) groups is 1. The van der Waals surface area contributed by atoms with E-state index in [1.54, 1.807) is 18.4 Å². The van der Waals surface area contributed by atoms with Crippen molar-refractivity contribution in [3.05, 3.63) is 21.4 Å². The third-order valence-corrected chi connectivity index (χ3v) is 3.02. The highest BCUT2D eigenvalue weighted by molar-refractivity contribution is 7.12. The van der Waals surface area contributed by atoms with Crippen molar-refractivity contribution < 1.29 is 4.79 Å². The Bertz CT molecular complexity index is 287. The molecule has 1 heterocycles. The zero-order valence-electron chi connectivity index (χ0n) is 8.10. The molecule has 0 aliphatic rings. The molecule has 72 valence electrons. The molecule has 2 N–H and O–H groups in total. The number of hydrogen-bond donors (Lipinski definition) is 2. The van der Waals surface area contributed by atoms with Gasteiger partial charge in [0.15, 0.2) is 0 Å². The molecule has 0 aromatic carbocycles. The Labute approximate surface area is 82.2 Å². The van der Waals surface area contributed by atoms with E-state index in [4.69, 9.17) is 0 Å². The topological polar surface area (TPSA) is 41.1 Å². The smallest absolute Gasteiger partial charge is 0.314 e. The van der Waals surface area contributed by atoms with Crippen molar-refractivity contribution >= 4 is 17.4 Å². The molecule has 0 bridgehead atoms. The van der Waals surface area contributed by atoms with Gasteiger partial charge in [0.25, 0.3) is 0 Å². The molecule has 13 heavy (non-hydrogen) atoms. The van der Waals surface area contributed by atoms with Gasteiger partial charge in [-0.25, -0.2) is 4.79 Å². The maximum atomic E-state index is 10.9. The average molecular weight is 198 g/mol. The Morgan fingerprint density at radius 3 is 2.69 bits per heavy atom. The predicted octanol–water partition coefficient (Wildman–Crippen LogP) is 1.79. The minimum absolute atomic E-state index is 0.135. The van der Waals surface area contributed by atoms with Gasteiger partial charge in [0.05, 0.1) is 6.54 Å². The molecule has 0 spiro atoms. The highest BCUT2D eigenvalue weighted by atomic mass is 32.1. The number of urea groups is 1. The molecule has 0 saturated heterocycles. The van der Waals surface area contributed by atoms with Gasteiger partial charge in [0.1, 0.15) is 0 Å². The van der Waals surface area contributed by atoms with Crippen molar-refractivity contribution in [3.63, 3.8) is 0 Å². The Morgan fingerprint density at radius 2 is 2.23 bits per heavy atom. The van der Waals surface area contributed by atoms with Crippen LogP contribution in [0.5, 0.6) is 0 Å². The van der Waals surface area contributed by atoms with Gasteiger partial charge in [0, 0.05) is 16.8 Å². The van der Waals surface area contributed by atoms with Crippen LogP contribution in [0.2, 0.25) is 0 Å². The predicted molar refractivity (Wildman–Crippen MR) is 55.1 cm³/mol. The van der Waals surface area contributed by atoms with Crippen LogP contribution >= 0.6 is 11.3 Å². The first kappa shape index (κ1) is 10.1. The summed E-state index contributed by atoms with van der Waals surface area (Å²) in [4.78, 5) is 13.4. The van der Waals surface area contributed by atoms with Crippen molar-refractivity contribution in [2.45, 2.75) is 20.4 Å². The maximum absolute atomic E-state index is 10.9. The Balaban J connectivity index is 2.50. The summed E-state index contributed by atoms with van der Waals surface area (Å²) in [5.74, 6) is 0. The number of rotatable bonds is 2. The fraction of sp³-hybridized carbons (Fsp3) is 0.444. The summed E-state index contributed by atoms with van der Waals surface area (Å²) in [6, 6.07) is 1.97. The number of amides is 2. The monoisotopic (exact) mass is 198 g/mol. The molecule has 0 fully saturated rings. The summed E-state index contributed by atoms with van der Waals surface area (Å²) >= 11 is 1.72. The van der Waals surface area contributed by atoms with Gasteiger partial charge in [-0.2, -0.15) is 0 Å². The lowest BCUT2D eigenvalue weighted by Gasteiger charge is -2.00. The molecule has 0 unspecified atom stereocenters. The minimum atomic E-state index is -0.135. The lowest BCUT2D eigenvalue weighted by molar-refractivity contribution is 0.242. The minimum Gasteiger partial charge on any atom is -0.341 e. The Morgan fingerprint density at radius 1 is 1.54 bits per heavy atom. The van der Waals surface area contributed by atoms with Crippen molar-refractivity contribution in [3.8, 4) is 0 Å². The van der Waals surface area contributed by atoms with Crippen LogP contribution in [0.1, 0.15) is 15.3 Å². The molecule has 2 amide bonds. The van der Waals surface area contributed by atoms with E-state index in [1.165, 1.54) is 15.3 Å². The summed E-state index contributed by atoms with van der Waals surface area (Å²) in [5.41, 5.74) is 1.29. The molecular formula is C9H14N2OS. The van der Waals surface area contributed by atoms with Crippen molar-refractivity contribution in [2.75, 3.05) is 7.05 Å². The van der Waals surface area contributed by atoms with Crippen LogP contribution in [0.4, 0.5) is 4.79 Å². The molecule has 4 heteroatoms. The van der Waals surface area contributed by atoms with Crippen LogP contribution in [-0.2, 0) is 6.54 Å². The number of aryl methyl sites for hydroxylation is 2. The van der Waals surface area contributed by atoms with Gasteiger partial charge in [-0.15, -0.1) is 11.3 Å². The highest BCUT2D eigenvalue weighted by Crippen LogP contribution is 2.19. The summed E-state index contributed by atoms with van der Waals surface area (Å²) in [6.07, 6.45) is 0. The third-order valence-electron chi connectivity index (χ3n) is 1.87. The third kappa shape index (κ3) is 2.73. The van der Waals surface area contributed by atoms with Gasteiger partial charge in [0.2, 0.25) is 0 Å². The number of hydrogen-bond acceptors (Lipinski definition) is 2. The van der Waals surface area contributed by atoms with Crippen LogP contribution in [0, 0.1) is 13.8 Å². The van der Waals surface area contributed by atoms with E-state index in [-0.39, 0.29) is 6.03 Å². The fourth-order valence-electron chi connectivity index (χ4n) is 0.993. The quantitative estimate of drug-likeness (QED) is 0.747. The Hall–Kier alpha value is -1.03. The summed E-state index contributed by atoms with van der Waals surface area (Å²) in [5, 5.41) is 5.26. The van der Waals surface area contributed by atoms with E-state index in [9.17, 15) is 4.79 Å². The summed E-state index contributed by atoms with van der Waals surface area (Å²) < 4.78 is 0. The van der Waals surface area contributed by atoms with Crippen molar-refractivity contribution in [1.82, 2.24) is 10.6 Å². The molecule has 0 atom stereocenters. The second kappa shape index (κ2) is 4.28. The first-order chi connectivity index (χ1) is 6.13. The molecule has 0 aliphatic carbocycles. The van der Waals surface area contributed by atoms with Crippen molar-refractivity contribution in [2.24, 2.45) is 0 Å². The van der Waals surface area contributed by atoms with Gasteiger partial charge in [-0.3, -0.25) is 0 Å². The zero-order chi connectivity index (χ0) is 9.84. The standard InChI is InChI=1S/C9H14N2OS/c1-6-4-8(13-7(6)2)5-11-9(12)10-3/h4H,5H2,1-3H3,(H2,10,11,12). The van der Waals surface area contributed by atoms with Crippen LogP contribution in [0.15, 0.2) is 6.07 Å².